The van der Waals surface area contributed by atoms with E-state index in [-0.39, 0.29) is 6.61 Å². The first-order valence-electron chi connectivity index (χ1n) is 5.69. The monoisotopic (exact) mass is 258 g/mol. The fourth-order valence-electron chi connectivity index (χ4n) is 1.25. The summed E-state index contributed by atoms with van der Waals surface area (Å²) in [5, 5.41) is 0. The molecular weight excluding hydrogens is 239 g/mol. The molecule has 1 aromatic carbocycles. The minimum absolute atomic E-state index is 0.231. The Labute approximate surface area is 102 Å². The predicted molar refractivity (Wildman–Crippen MR) is 67.2 cm³/mol. The van der Waals surface area contributed by atoms with Gasteiger partial charge in [-0.1, -0.05) is 19.4 Å². The lowest BCUT2D eigenvalue weighted by atomic mass is 10.1. The molecule has 0 aliphatic carbocycles. The van der Waals surface area contributed by atoms with Crippen LogP contribution < -0.4 is 4.52 Å². The number of rotatable bonds is 6. The average Bonchev–Trinajstić information content (AvgIpc) is 2.23. The zero-order chi connectivity index (χ0) is 12.9. The van der Waals surface area contributed by atoms with E-state index in [0.29, 0.717) is 5.75 Å². The number of benzene rings is 1. The molecule has 96 valence electrons. The van der Waals surface area contributed by atoms with Crippen molar-refractivity contribution in [2.24, 2.45) is 0 Å². The number of unbranched alkanes of at least 4 members (excludes halogenated alkanes) is 1. The van der Waals surface area contributed by atoms with E-state index >= 15 is 0 Å². The molecule has 1 aromatic rings. The first-order valence-corrected chi connectivity index (χ1v) is 7.18. The summed E-state index contributed by atoms with van der Waals surface area (Å²) in [4.78, 5) is 9.47. The number of phosphoric acid groups is 1. The second kappa shape index (κ2) is 6.20. The van der Waals surface area contributed by atoms with Gasteiger partial charge in [0.25, 0.3) is 0 Å². The maximum absolute atomic E-state index is 11.6. The summed E-state index contributed by atoms with van der Waals surface area (Å²) >= 11 is 0. The van der Waals surface area contributed by atoms with Crippen molar-refractivity contribution in [3.8, 4) is 5.75 Å². The molecule has 17 heavy (non-hydrogen) atoms. The zero-order valence-electron chi connectivity index (χ0n) is 10.5. The van der Waals surface area contributed by atoms with Crippen molar-refractivity contribution in [2.75, 3.05) is 6.61 Å². The Hall–Kier alpha value is -0.830. The molecule has 4 nitrogen and oxygen atoms in total. The van der Waals surface area contributed by atoms with Gasteiger partial charge >= 0.3 is 7.82 Å². The van der Waals surface area contributed by atoms with Crippen LogP contribution >= 0.6 is 7.82 Å². The topological polar surface area (TPSA) is 55.8 Å². The smallest absolute Gasteiger partial charge is 0.404 e. The summed E-state index contributed by atoms with van der Waals surface area (Å²) in [6, 6.07) is 5.23. The van der Waals surface area contributed by atoms with Crippen molar-refractivity contribution in [1.29, 1.82) is 0 Å². The Bertz CT molecular complexity index is 417. The molecular formula is C12H19O4P. The third kappa shape index (κ3) is 4.90. The van der Waals surface area contributed by atoms with E-state index in [1.54, 1.807) is 12.1 Å². The van der Waals surface area contributed by atoms with Gasteiger partial charge in [0.2, 0.25) is 0 Å². The highest BCUT2D eigenvalue weighted by molar-refractivity contribution is 7.47. The standard InChI is InChI=1S/C12H19O4P/c1-4-5-8-15-17(13,14)16-12-7-6-10(2)11(3)9-12/h6-7,9H,4-5,8H2,1-3H3,(H,13,14). The van der Waals surface area contributed by atoms with Crippen molar-refractivity contribution in [1.82, 2.24) is 0 Å². The van der Waals surface area contributed by atoms with Crippen molar-refractivity contribution >= 4 is 7.82 Å². The first-order chi connectivity index (χ1) is 7.94. The van der Waals surface area contributed by atoms with Crippen LogP contribution in [0.25, 0.3) is 0 Å². The summed E-state index contributed by atoms with van der Waals surface area (Å²) in [6.45, 7) is 6.10. The number of aryl methyl sites for hydroxylation is 2. The van der Waals surface area contributed by atoms with Gasteiger partial charge in [-0.3, -0.25) is 9.42 Å². The third-order valence-corrected chi connectivity index (χ3v) is 3.40. The molecule has 0 amide bonds. The van der Waals surface area contributed by atoms with Gasteiger partial charge in [-0.05, 0) is 43.5 Å². The van der Waals surface area contributed by atoms with Gasteiger partial charge in [-0.2, -0.15) is 0 Å². The molecule has 0 saturated carbocycles. The van der Waals surface area contributed by atoms with Crippen LogP contribution in [0.4, 0.5) is 0 Å². The molecule has 0 aromatic heterocycles. The van der Waals surface area contributed by atoms with Crippen molar-refractivity contribution in [3.63, 3.8) is 0 Å². The van der Waals surface area contributed by atoms with Gasteiger partial charge in [0.05, 0.1) is 6.61 Å². The molecule has 0 aliphatic heterocycles. The Kier molecular flexibility index (Phi) is 5.19. The second-order valence-corrected chi connectivity index (χ2v) is 5.37. The van der Waals surface area contributed by atoms with E-state index < -0.39 is 7.82 Å². The molecule has 0 heterocycles. The maximum Gasteiger partial charge on any atom is 0.527 e. The highest BCUT2D eigenvalue weighted by Gasteiger charge is 2.22. The Morgan fingerprint density at radius 2 is 2.00 bits per heavy atom. The molecule has 5 heteroatoms. The molecule has 0 saturated heterocycles. The summed E-state index contributed by atoms with van der Waals surface area (Å²) in [6.07, 6.45) is 1.64. The highest BCUT2D eigenvalue weighted by atomic mass is 31.2. The molecule has 0 radical (unpaired) electrons. The molecule has 0 bridgehead atoms. The molecule has 1 rings (SSSR count). The fraction of sp³-hybridized carbons (Fsp3) is 0.500. The van der Waals surface area contributed by atoms with Gasteiger partial charge in [-0.25, -0.2) is 4.57 Å². The summed E-state index contributed by atoms with van der Waals surface area (Å²) in [5.41, 5.74) is 2.12. The maximum atomic E-state index is 11.6. The van der Waals surface area contributed by atoms with Gasteiger partial charge in [-0.15, -0.1) is 0 Å². The summed E-state index contributed by atoms with van der Waals surface area (Å²) < 4.78 is 21.4. The van der Waals surface area contributed by atoms with E-state index in [0.717, 1.165) is 24.0 Å². The molecule has 0 aliphatic rings. The fourth-order valence-corrected chi connectivity index (χ4v) is 2.05. The Balaban J connectivity index is 2.62. The molecule has 0 spiro atoms. The SMILES string of the molecule is CCCCOP(=O)(O)Oc1ccc(C)c(C)c1. The number of hydrogen-bond donors (Lipinski definition) is 1. The van der Waals surface area contributed by atoms with E-state index in [9.17, 15) is 9.46 Å². The van der Waals surface area contributed by atoms with E-state index in [1.807, 2.05) is 26.8 Å². The highest BCUT2D eigenvalue weighted by Crippen LogP contribution is 2.44. The zero-order valence-corrected chi connectivity index (χ0v) is 11.4. The van der Waals surface area contributed by atoms with Crippen molar-refractivity contribution < 1.29 is 18.5 Å². The van der Waals surface area contributed by atoms with Crippen LogP contribution in [0.5, 0.6) is 5.75 Å². The Morgan fingerprint density at radius 1 is 1.29 bits per heavy atom. The second-order valence-electron chi connectivity index (χ2n) is 3.99. The van der Waals surface area contributed by atoms with Gasteiger partial charge in [0, 0.05) is 0 Å². The van der Waals surface area contributed by atoms with E-state index in [1.165, 1.54) is 0 Å². The largest absolute Gasteiger partial charge is 0.527 e. The van der Waals surface area contributed by atoms with Crippen molar-refractivity contribution in [3.05, 3.63) is 29.3 Å². The van der Waals surface area contributed by atoms with E-state index in [4.69, 9.17) is 9.05 Å². The van der Waals surface area contributed by atoms with Gasteiger partial charge in [0.1, 0.15) is 5.75 Å². The molecule has 1 unspecified atom stereocenters. The van der Waals surface area contributed by atoms with Crippen LogP contribution in [0, 0.1) is 13.8 Å². The van der Waals surface area contributed by atoms with Crippen LogP contribution in [-0.4, -0.2) is 11.5 Å². The quantitative estimate of drug-likeness (QED) is 0.625. The Morgan fingerprint density at radius 3 is 2.59 bits per heavy atom. The van der Waals surface area contributed by atoms with Crippen molar-refractivity contribution in [2.45, 2.75) is 33.6 Å². The van der Waals surface area contributed by atoms with Crippen LogP contribution in [-0.2, 0) is 9.09 Å². The number of hydrogen-bond acceptors (Lipinski definition) is 3. The van der Waals surface area contributed by atoms with E-state index in [2.05, 4.69) is 0 Å². The van der Waals surface area contributed by atoms with Crippen LogP contribution in [0.15, 0.2) is 18.2 Å². The van der Waals surface area contributed by atoms with Crippen LogP contribution in [0.3, 0.4) is 0 Å². The third-order valence-electron chi connectivity index (χ3n) is 2.45. The lowest BCUT2D eigenvalue weighted by molar-refractivity contribution is 0.200. The van der Waals surface area contributed by atoms with Gasteiger partial charge in [0.15, 0.2) is 0 Å². The summed E-state index contributed by atoms with van der Waals surface area (Å²) in [7, 11) is -3.98. The van der Waals surface area contributed by atoms with Crippen LogP contribution in [0.2, 0.25) is 0 Å². The number of phosphoric ester groups is 1. The lowest BCUT2D eigenvalue weighted by Crippen LogP contribution is -1.99. The minimum atomic E-state index is -3.98. The van der Waals surface area contributed by atoms with Gasteiger partial charge < -0.3 is 4.52 Å². The summed E-state index contributed by atoms with van der Waals surface area (Å²) in [5.74, 6) is 0.357. The van der Waals surface area contributed by atoms with Crippen LogP contribution in [0.1, 0.15) is 30.9 Å². The minimum Gasteiger partial charge on any atom is -0.404 e. The average molecular weight is 258 g/mol. The molecule has 1 N–H and O–H groups in total. The lowest BCUT2D eigenvalue weighted by Gasteiger charge is -2.13. The predicted octanol–water partition coefficient (Wildman–Crippen LogP) is 3.60. The molecule has 0 fully saturated rings. The normalized spacial score (nSPS) is 14.4. The molecule has 1 atom stereocenters. The first kappa shape index (κ1) is 14.2.